The summed E-state index contributed by atoms with van der Waals surface area (Å²) in [5.41, 5.74) is 0.697. The fraction of sp³-hybridized carbons (Fsp3) is 0.143. The van der Waals surface area contributed by atoms with Crippen molar-refractivity contribution in [3.8, 4) is 0 Å². The maximum Gasteiger partial charge on any atom is 0.350 e. The Labute approximate surface area is 200 Å². The quantitative estimate of drug-likeness (QED) is 0.366. The first kappa shape index (κ1) is 22.5. The van der Waals surface area contributed by atoms with Gasteiger partial charge in [-0.1, -0.05) is 46.7 Å². The highest BCUT2D eigenvalue weighted by atomic mass is 35.5. The molecule has 0 bridgehead atoms. The van der Waals surface area contributed by atoms with Crippen LogP contribution < -0.4 is 4.90 Å². The third-order valence-corrected chi connectivity index (χ3v) is 7.56. The lowest BCUT2D eigenvalue weighted by Gasteiger charge is -2.24. The zero-order valence-electron chi connectivity index (χ0n) is 16.6. The maximum atomic E-state index is 13.3. The molecular weight excluding hydrogens is 495 g/mol. The number of aryl methyl sites for hydroxylation is 1. The number of ketones is 1. The van der Waals surface area contributed by atoms with Gasteiger partial charge < -0.3 is 9.84 Å². The van der Waals surface area contributed by atoms with Crippen molar-refractivity contribution in [3.05, 3.63) is 78.1 Å². The van der Waals surface area contributed by atoms with Crippen molar-refractivity contribution in [2.45, 2.75) is 13.0 Å². The van der Waals surface area contributed by atoms with Gasteiger partial charge in [-0.3, -0.25) is 14.5 Å². The minimum atomic E-state index is -1.03. The lowest BCUT2D eigenvalue weighted by atomic mass is 9.95. The number of thiophene rings is 1. The van der Waals surface area contributed by atoms with E-state index in [2.05, 4.69) is 4.98 Å². The molecule has 1 aliphatic heterocycles. The average Bonchev–Trinajstić information content (AvgIpc) is 3.49. The summed E-state index contributed by atoms with van der Waals surface area (Å²) >= 11 is 14.4. The van der Waals surface area contributed by atoms with Gasteiger partial charge in [-0.15, -0.1) is 11.3 Å². The van der Waals surface area contributed by atoms with Gasteiger partial charge in [0.2, 0.25) is 5.78 Å². The zero-order chi connectivity index (χ0) is 23.2. The van der Waals surface area contributed by atoms with Gasteiger partial charge in [0.1, 0.15) is 4.88 Å². The number of aliphatic hydroxyl groups is 1. The minimum Gasteiger partial charge on any atom is -0.503 e. The molecule has 7 nitrogen and oxygen atoms in total. The second-order valence-electron chi connectivity index (χ2n) is 6.72. The summed E-state index contributed by atoms with van der Waals surface area (Å²) in [5.74, 6) is -2.60. The van der Waals surface area contributed by atoms with Crippen LogP contribution in [0.4, 0.5) is 5.13 Å². The number of nitrogens with zero attached hydrogens (tertiary/aromatic N) is 2. The van der Waals surface area contributed by atoms with Crippen molar-refractivity contribution >= 4 is 68.7 Å². The number of aromatic nitrogens is 1. The molecule has 1 unspecified atom stereocenters. The van der Waals surface area contributed by atoms with Gasteiger partial charge in [0.15, 0.2) is 10.9 Å². The topological polar surface area (TPSA) is 96.8 Å². The number of carbonyl (C=O) groups is 3. The highest BCUT2D eigenvalue weighted by Crippen LogP contribution is 2.45. The number of methoxy groups -OCH3 is 1. The van der Waals surface area contributed by atoms with Gasteiger partial charge in [0.25, 0.3) is 5.91 Å². The van der Waals surface area contributed by atoms with Crippen LogP contribution in [0.2, 0.25) is 10.0 Å². The Hall–Kier alpha value is -2.72. The number of hydrogen-bond donors (Lipinski definition) is 1. The molecule has 0 radical (unpaired) electrons. The van der Waals surface area contributed by atoms with E-state index in [1.54, 1.807) is 30.5 Å². The Morgan fingerprint density at radius 3 is 2.59 bits per heavy atom. The Morgan fingerprint density at radius 2 is 1.97 bits per heavy atom. The fourth-order valence-corrected chi connectivity index (χ4v) is 5.34. The lowest BCUT2D eigenvalue weighted by Crippen LogP contribution is -2.31. The number of thiazole rings is 1. The van der Waals surface area contributed by atoms with Gasteiger partial charge in [-0.05, 0) is 36.1 Å². The highest BCUT2D eigenvalue weighted by molar-refractivity contribution is 7.17. The van der Waals surface area contributed by atoms with Crippen LogP contribution in [0.15, 0.2) is 47.0 Å². The number of carbonyl (C=O) groups excluding carboxylic acids is 3. The molecule has 2 aromatic heterocycles. The predicted octanol–water partition coefficient (Wildman–Crippen LogP) is 5.39. The third kappa shape index (κ3) is 3.71. The third-order valence-electron chi connectivity index (χ3n) is 4.82. The van der Waals surface area contributed by atoms with Gasteiger partial charge in [0.05, 0.1) is 39.3 Å². The molecule has 0 saturated heterocycles. The smallest absolute Gasteiger partial charge is 0.350 e. The summed E-state index contributed by atoms with van der Waals surface area (Å²) in [5, 5.41) is 13.1. The van der Waals surface area contributed by atoms with Gasteiger partial charge >= 0.3 is 5.97 Å². The Morgan fingerprint density at radius 1 is 1.22 bits per heavy atom. The van der Waals surface area contributed by atoms with Gasteiger partial charge in [0, 0.05) is 0 Å². The number of Topliss-reactive ketones (excluding diaryl/α,β-unsaturated/α-hetero) is 1. The van der Waals surface area contributed by atoms with E-state index >= 15 is 0 Å². The number of esters is 1. The average molecular weight is 509 g/mol. The molecule has 1 amide bonds. The molecule has 164 valence electrons. The standard InChI is InChI=1S/C21H14Cl2N2O5S2/c1-9-18(20(29)30-2)32-21(24-9)25-15(10-5-6-11(22)12(23)8-10)14(17(27)19(25)28)16(26)13-4-3-7-31-13/h3-8,15,27H,1-2H3. The molecule has 11 heteroatoms. The van der Waals surface area contributed by atoms with E-state index < -0.39 is 29.5 Å². The maximum absolute atomic E-state index is 13.3. The number of ether oxygens (including phenoxy) is 1. The van der Waals surface area contributed by atoms with Crippen molar-refractivity contribution in [1.29, 1.82) is 0 Å². The van der Waals surface area contributed by atoms with Crippen LogP contribution in [-0.4, -0.2) is 34.9 Å². The predicted molar refractivity (Wildman–Crippen MR) is 123 cm³/mol. The number of amides is 1. The first-order valence-corrected chi connectivity index (χ1v) is 11.5. The summed E-state index contributed by atoms with van der Waals surface area (Å²) in [6.07, 6.45) is 0. The van der Waals surface area contributed by atoms with Crippen LogP contribution in [-0.2, 0) is 9.53 Å². The van der Waals surface area contributed by atoms with Crippen molar-refractivity contribution < 1.29 is 24.2 Å². The second kappa shape index (κ2) is 8.67. The summed E-state index contributed by atoms with van der Waals surface area (Å²) in [7, 11) is 1.24. The normalized spacial score (nSPS) is 16.1. The van der Waals surface area contributed by atoms with E-state index in [0.717, 1.165) is 11.3 Å². The van der Waals surface area contributed by atoms with Crippen LogP contribution in [0.25, 0.3) is 0 Å². The summed E-state index contributed by atoms with van der Waals surface area (Å²) in [4.78, 5) is 44.6. The molecular formula is C21H14Cl2N2O5S2. The molecule has 3 aromatic rings. The lowest BCUT2D eigenvalue weighted by molar-refractivity contribution is -0.117. The van der Waals surface area contributed by atoms with E-state index in [4.69, 9.17) is 27.9 Å². The first-order chi connectivity index (χ1) is 15.2. The van der Waals surface area contributed by atoms with Crippen molar-refractivity contribution in [3.63, 3.8) is 0 Å². The van der Waals surface area contributed by atoms with E-state index in [1.165, 1.54) is 35.5 Å². The summed E-state index contributed by atoms with van der Waals surface area (Å²) in [6, 6.07) is 6.96. The molecule has 0 fully saturated rings. The van der Waals surface area contributed by atoms with Gasteiger partial charge in [-0.25, -0.2) is 9.78 Å². The number of hydrogen-bond acceptors (Lipinski definition) is 8. The number of anilines is 1. The van der Waals surface area contributed by atoms with E-state index in [1.807, 2.05) is 0 Å². The molecule has 1 aliphatic rings. The largest absolute Gasteiger partial charge is 0.503 e. The Balaban J connectivity index is 1.90. The van der Waals surface area contributed by atoms with E-state index in [9.17, 15) is 19.5 Å². The fourth-order valence-electron chi connectivity index (χ4n) is 3.34. The monoisotopic (exact) mass is 508 g/mol. The number of aliphatic hydroxyl groups excluding tert-OH is 1. The Kier molecular flexibility index (Phi) is 6.09. The van der Waals surface area contributed by atoms with Crippen LogP contribution in [0, 0.1) is 6.92 Å². The van der Waals surface area contributed by atoms with Crippen molar-refractivity contribution in [2.75, 3.05) is 12.0 Å². The van der Waals surface area contributed by atoms with E-state index in [0.29, 0.717) is 21.2 Å². The van der Waals surface area contributed by atoms with Crippen molar-refractivity contribution in [1.82, 2.24) is 4.98 Å². The number of halogens is 2. The van der Waals surface area contributed by atoms with Crippen LogP contribution in [0.3, 0.4) is 0 Å². The minimum absolute atomic E-state index is 0.108. The molecule has 0 spiro atoms. The molecule has 0 aliphatic carbocycles. The second-order valence-corrected chi connectivity index (χ2v) is 9.46. The first-order valence-electron chi connectivity index (χ1n) is 9.10. The SMILES string of the molecule is COC(=O)c1sc(N2C(=O)C(O)=C(C(=O)c3cccs3)C2c2ccc(Cl)c(Cl)c2)nc1C. The summed E-state index contributed by atoms with van der Waals surface area (Å²) in [6.45, 7) is 1.60. The summed E-state index contributed by atoms with van der Waals surface area (Å²) < 4.78 is 4.77. The molecule has 1 N–H and O–H groups in total. The van der Waals surface area contributed by atoms with Gasteiger partial charge in [-0.2, -0.15) is 0 Å². The highest BCUT2D eigenvalue weighted by Gasteiger charge is 2.46. The van der Waals surface area contributed by atoms with Crippen LogP contribution in [0.1, 0.15) is 36.6 Å². The molecule has 0 saturated carbocycles. The Bertz CT molecular complexity index is 1280. The van der Waals surface area contributed by atoms with Crippen LogP contribution in [0.5, 0.6) is 0 Å². The van der Waals surface area contributed by atoms with E-state index in [-0.39, 0.29) is 20.6 Å². The number of rotatable bonds is 5. The molecule has 1 atom stereocenters. The van der Waals surface area contributed by atoms with Crippen LogP contribution >= 0.6 is 45.9 Å². The molecule has 4 rings (SSSR count). The molecule has 3 heterocycles. The zero-order valence-corrected chi connectivity index (χ0v) is 19.7. The van der Waals surface area contributed by atoms with Crippen molar-refractivity contribution in [2.24, 2.45) is 0 Å². The number of benzene rings is 1. The molecule has 1 aromatic carbocycles. The molecule has 32 heavy (non-hydrogen) atoms.